The molecule has 8 heteroatoms. The lowest BCUT2D eigenvalue weighted by molar-refractivity contribution is -0.140. The third-order valence-electron chi connectivity index (χ3n) is 4.71. The normalized spacial score (nSPS) is 19.2. The van der Waals surface area contributed by atoms with Gasteiger partial charge in [-0.2, -0.15) is 0 Å². The first-order valence-electron chi connectivity index (χ1n) is 8.92. The van der Waals surface area contributed by atoms with Crippen LogP contribution in [0.15, 0.2) is 48.5 Å². The van der Waals surface area contributed by atoms with Crippen LogP contribution in [0.1, 0.15) is 18.9 Å². The van der Waals surface area contributed by atoms with E-state index >= 15 is 0 Å². The van der Waals surface area contributed by atoms with E-state index in [1.54, 1.807) is 25.1 Å². The van der Waals surface area contributed by atoms with E-state index in [2.05, 4.69) is 0 Å². The van der Waals surface area contributed by atoms with E-state index < -0.39 is 27.8 Å². The number of amides is 1. The van der Waals surface area contributed by atoms with Gasteiger partial charge < -0.3 is 9.64 Å². The van der Waals surface area contributed by atoms with Gasteiger partial charge in [-0.25, -0.2) is 12.8 Å². The Kier molecular flexibility index (Phi) is 6.25. The Labute approximate surface area is 169 Å². The van der Waals surface area contributed by atoms with Gasteiger partial charge in [-0.05, 0) is 49.2 Å². The Hall–Kier alpha value is -2.12. The van der Waals surface area contributed by atoms with Crippen molar-refractivity contribution in [3.05, 3.63) is 64.9 Å². The fraction of sp³-hybridized carbons (Fsp3) is 0.350. The summed E-state index contributed by atoms with van der Waals surface area (Å²) in [6, 6.07) is 12.1. The standard InChI is InChI=1S/C20H21ClFNO4S/c1-14(27-18-8-6-16(22)7-9-18)20(24)23(17-10-11-28(25,26)13-17)12-15-4-2-3-5-19(15)21/h2-9,14,17H,10-13H2,1H3/t14-,17-/m1/s1. The van der Waals surface area contributed by atoms with Gasteiger partial charge in [0.05, 0.1) is 11.5 Å². The fourth-order valence-electron chi connectivity index (χ4n) is 3.22. The number of ether oxygens (including phenoxy) is 1. The highest BCUT2D eigenvalue weighted by atomic mass is 35.5. The number of nitrogens with zero attached hydrogens (tertiary/aromatic N) is 1. The first-order valence-corrected chi connectivity index (χ1v) is 11.1. The van der Waals surface area contributed by atoms with Crippen molar-refractivity contribution in [1.29, 1.82) is 0 Å². The maximum absolute atomic E-state index is 13.1. The monoisotopic (exact) mass is 425 g/mol. The molecule has 1 aliphatic heterocycles. The van der Waals surface area contributed by atoms with Gasteiger partial charge in [0, 0.05) is 17.6 Å². The quantitative estimate of drug-likeness (QED) is 0.711. The Balaban J connectivity index is 1.81. The number of sulfone groups is 1. The van der Waals surface area contributed by atoms with Gasteiger partial charge in [-0.1, -0.05) is 29.8 Å². The molecule has 3 rings (SSSR count). The van der Waals surface area contributed by atoms with Gasteiger partial charge >= 0.3 is 0 Å². The molecule has 5 nitrogen and oxygen atoms in total. The zero-order valence-electron chi connectivity index (χ0n) is 15.3. The molecular formula is C20H21ClFNO4S. The molecule has 1 heterocycles. The highest BCUT2D eigenvalue weighted by molar-refractivity contribution is 7.91. The average Bonchev–Trinajstić information content (AvgIpc) is 3.02. The molecule has 2 aromatic carbocycles. The molecule has 1 aliphatic rings. The van der Waals surface area contributed by atoms with E-state index in [1.807, 2.05) is 6.07 Å². The third-order valence-corrected chi connectivity index (χ3v) is 6.82. The van der Waals surface area contributed by atoms with Crippen LogP contribution in [0.4, 0.5) is 4.39 Å². The van der Waals surface area contributed by atoms with Gasteiger partial charge in [0.15, 0.2) is 15.9 Å². The molecule has 0 spiro atoms. The summed E-state index contributed by atoms with van der Waals surface area (Å²) in [7, 11) is -3.18. The van der Waals surface area contributed by atoms with Crippen LogP contribution < -0.4 is 4.74 Å². The maximum atomic E-state index is 13.1. The second-order valence-electron chi connectivity index (χ2n) is 6.83. The summed E-state index contributed by atoms with van der Waals surface area (Å²) in [5, 5.41) is 0.508. The highest BCUT2D eigenvalue weighted by Gasteiger charge is 2.36. The smallest absolute Gasteiger partial charge is 0.263 e. The molecule has 2 atom stereocenters. The van der Waals surface area contributed by atoms with Crippen LogP contribution >= 0.6 is 11.6 Å². The molecular weight excluding hydrogens is 405 g/mol. The lowest BCUT2D eigenvalue weighted by Crippen LogP contribution is -2.46. The number of rotatable bonds is 6. The lowest BCUT2D eigenvalue weighted by atomic mass is 10.1. The molecule has 0 saturated carbocycles. The fourth-order valence-corrected chi connectivity index (χ4v) is 5.15. The SMILES string of the molecule is C[C@@H](Oc1ccc(F)cc1)C(=O)N(Cc1ccccc1Cl)[C@@H]1CCS(=O)(=O)C1. The lowest BCUT2D eigenvalue weighted by Gasteiger charge is -2.31. The zero-order valence-corrected chi connectivity index (χ0v) is 16.9. The molecule has 28 heavy (non-hydrogen) atoms. The number of carbonyl (C=O) groups is 1. The van der Waals surface area contributed by atoms with Crippen molar-refractivity contribution in [2.45, 2.75) is 32.0 Å². The van der Waals surface area contributed by atoms with Crippen molar-refractivity contribution in [3.8, 4) is 5.75 Å². The van der Waals surface area contributed by atoms with Crippen molar-refractivity contribution < 1.29 is 22.3 Å². The summed E-state index contributed by atoms with van der Waals surface area (Å²) >= 11 is 6.24. The number of hydrogen-bond acceptors (Lipinski definition) is 4. The van der Waals surface area contributed by atoms with Crippen molar-refractivity contribution in [2.75, 3.05) is 11.5 Å². The predicted octanol–water partition coefficient (Wildman–Crippen LogP) is 3.46. The second-order valence-corrected chi connectivity index (χ2v) is 9.46. The molecule has 0 bridgehead atoms. The van der Waals surface area contributed by atoms with Crippen LogP contribution in [0.5, 0.6) is 5.75 Å². The number of carbonyl (C=O) groups excluding carboxylic acids is 1. The van der Waals surface area contributed by atoms with E-state index in [1.165, 1.54) is 29.2 Å². The Morgan fingerprint density at radius 3 is 2.54 bits per heavy atom. The Bertz CT molecular complexity index is 949. The highest BCUT2D eigenvalue weighted by Crippen LogP contribution is 2.25. The number of benzene rings is 2. The average molecular weight is 426 g/mol. The van der Waals surface area contributed by atoms with Crippen molar-refractivity contribution in [2.24, 2.45) is 0 Å². The summed E-state index contributed by atoms with van der Waals surface area (Å²) < 4.78 is 42.6. The van der Waals surface area contributed by atoms with Gasteiger partial charge in [-0.3, -0.25) is 4.79 Å². The van der Waals surface area contributed by atoms with E-state index in [-0.39, 0.29) is 24.0 Å². The van der Waals surface area contributed by atoms with E-state index in [4.69, 9.17) is 16.3 Å². The molecule has 0 aromatic heterocycles. The van der Waals surface area contributed by atoms with E-state index in [0.29, 0.717) is 17.2 Å². The molecule has 1 amide bonds. The predicted molar refractivity (Wildman–Crippen MR) is 106 cm³/mol. The second kappa shape index (κ2) is 8.49. The van der Waals surface area contributed by atoms with Crippen molar-refractivity contribution >= 4 is 27.3 Å². The molecule has 150 valence electrons. The molecule has 0 aliphatic carbocycles. The van der Waals surface area contributed by atoms with Crippen LogP contribution in [0.2, 0.25) is 5.02 Å². The number of halogens is 2. The van der Waals surface area contributed by atoms with Gasteiger partial charge in [0.2, 0.25) is 0 Å². The van der Waals surface area contributed by atoms with E-state index in [9.17, 15) is 17.6 Å². The summed E-state index contributed by atoms with van der Waals surface area (Å²) in [6.07, 6.45) is -0.488. The first kappa shape index (κ1) is 20.6. The molecule has 0 N–H and O–H groups in total. The minimum Gasteiger partial charge on any atom is -0.481 e. The van der Waals surface area contributed by atoms with Crippen LogP contribution in [0.25, 0.3) is 0 Å². The van der Waals surface area contributed by atoms with Gasteiger partial charge in [0.1, 0.15) is 11.6 Å². The Morgan fingerprint density at radius 1 is 1.25 bits per heavy atom. The van der Waals surface area contributed by atoms with Crippen molar-refractivity contribution in [3.63, 3.8) is 0 Å². The molecule has 0 unspecified atom stereocenters. The minimum atomic E-state index is -3.18. The molecule has 0 radical (unpaired) electrons. The largest absolute Gasteiger partial charge is 0.481 e. The van der Waals surface area contributed by atoms with Crippen LogP contribution in [-0.2, 0) is 21.2 Å². The maximum Gasteiger partial charge on any atom is 0.263 e. The Morgan fingerprint density at radius 2 is 1.93 bits per heavy atom. The van der Waals surface area contributed by atoms with Gasteiger partial charge in [0.25, 0.3) is 5.91 Å². The topological polar surface area (TPSA) is 63.7 Å². The zero-order chi connectivity index (χ0) is 20.3. The first-order chi connectivity index (χ1) is 13.2. The summed E-state index contributed by atoms with van der Waals surface area (Å²) in [5.41, 5.74) is 0.732. The molecule has 2 aromatic rings. The minimum absolute atomic E-state index is 0.0527. The van der Waals surface area contributed by atoms with Crippen LogP contribution in [0, 0.1) is 5.82 Å². The molecule has 1 saturated heterocycles. The summed E-state index contributed by atoms with van der Waals surface area (Å²) in [5.74, 6) is -0.406. The summed E-state index contributed by atoms with van der Waals surface area (Å²) in [4.78, 5) is 14.6. The molecule has 1 fully saturated rings. The number of hydrogen-bond donors (Lipinski definition) is 0. The van der Waals surface area contributed by atoms with Crippen LogP contribution in [-0.4, -0.2) is 42.9 Å². The summed E-state index contributed by atoms with van der Waals surface area (Å²) in [6.45, 7) is 1.78. The van der Waals surface area contributed by atoms with Gasteiger partial charge in [-0.15, -0.1) is 0 Å². The van der Waals surface area contributed by atoms with Crippen molar-refractivity contribution in [1.82, 2.24) is 4.90 Å². The third kappa shape index (κ3) is 5.02. The van der Waals surface area contributed by atoms with E-state index in [0.717, 1.165) is 5.56 Å². The van der Waals surface area contributed by atoms with Crippen LogP contribution in [0.3, 0.4) is 0 Å².